The predicted molar refractivity (Wildman–Crippen MR) is 80.8 cm³/mol. The Morgan fingerprint density at radius 1 is 1.30 bits per heavy atom. The van der Waals surface area contributed by atoms with Crippen LogP contribution in [0.2, 0.25) is 0 Å². The lowest BCUT2D eigenvalue weighted by Gasteiger charge is -2.49. The molecule has 2 fully saturated rings. The van der Waals surface area contributed by atoms with Crippen LogP contribution in [-0.4, -0.2) is 47.7 Å². The minimum Gasteiger partial charge on any atom is -0.480 e. The summed E-state index contributed by atoms with van der Waals surface area (Å²) in [6, 6.07) is 0. The number of nitrogens with one attached hydrogen (secondary N) is 1. The predicted octanol–water partition coefficient (Wildman–Crippen LogP) is 2.34. The topological polar surface area (TPSA) is 52.6 Å². The van der Waals surface area contributed by atoms with Crippen molar-refractivity contribution in [2.75, 3.05) is 26.2 Å². The van der Waals surface area contributed by atoms with E-state index < -0.39 is 11.5 Å². The standard InChI is InChI=1S/C16H30N2O2/c1-4-15(2,3)13-5-7-16(8-6-13,14(19)20)18-11-9-17-10-12-18/h13,17H,4-12H2,1-3H3,(H,19,20). The second-order valence-corrected chi connectivity index (χ2v) is 7.19. The van der Waals surface area contributed by atoms with Gasteiger partial charge in [0.2, 0.25) is 0 Å². The Bertz CT molecular complexity index is 340. The minimum absolute atomic E-state index is 0.341. The third-order valence-corrected chi connectivity index (χ3v) is 5.95. The highest BCUT2D eigenvalue weighted by atomic mass is 16.4. The fourth-order valence-corrected chi connectivity index (χ4v) is 3.92. The first-order valence-electron chi connectivity index (χ1n) is 8.11. The molecule has 0 aromatic rings. The van der Waals surface area contributed by atoms with Crippen molar-refractivity contribution in [1.29, 1.82) is 0 Å². The van der Waals surface area contributed by atoms with E-state index in [1.165, 1.54) is 6.42 Å². The van der Waals surface area contributed by atoms with Crippen molar-refractivity contribution >= 4 is 5.97 Å². The summed E-state index contributed by atoms with van der Waals surface area (Å²) >= 11 is 0. The van der Waals surface area contributed by atoms with Gasteiger partial charge in [-0.05, 0) is 37.0 Å². The van der Waals surface area contributed by atoms with Crippen molar-refractivity contribution in [2.24, 2.45) is 11.3 Å². The quantitative estimate of drug-likeness (QED) is 0.831. The molecule has 1 saturated heterocycles. The summed E-state index contributed by atoms with van der Waals surface area (Å²) in [4.78, 5) is 14.2. The number of carboxylic acid groups (broad SMARTS) is 1. The van der Waals surface area contributed by atoms with Gasteiger partial charge in [-0.2, -0.15) is 0 Å². The molecule has 1 saturated carbocycles. The molecule has 1 heterocycles. The maximum atomic E-state index is 11.9. The summed E-state index contributed by atoms with van der Waals surface area (Å²) in [5.74, 6) is 0.0649. The molecule has 4 heteroatoms. The Kier molecular flexibility index (Phi) is 4.75. The molecule has 0 aromatic carbocycles. The van der Waals surface area contributed by atoms with Gasteiger partial charge in [-0.3, -0.25) is 9.69 Å². The van der Waals surface area contributed by atoms with E-state index in [4.69, 9.17) is 0 Å². The zero-order chi connectivity index (χ0) is 14.8. The summed E-state index contributed by atoms with van der Waals surface area (Å²) in [5, 5.41) is 13.1. The van der Waals surface area contributed by atoms with E-state index in [1.54, 1.807) is 0 Å². The van der Waals surface area contributed by atoms with Crippen molar-refractivity contribution in [2.45, 2.75) is 58.4 Å². The molecule has 0 unspecified atom stereocenters. The molecule has 1 aliphatic heterocycles. The summed E-state index contributed by atoms with van der Waals surface area (Å²) < 4.78 is 0. The van der Waals surface area contributed by atoms with Gasteiger partial charge in [0.05, 0.1) is 0 Å². The van der Waals surface area contributed by atoms with Crippen LogP contribution < -0.4 is 5.32 Å². The Morgan fingerprint density at radius 2 is 1.85 bits per heavy atom. The number of piperazine rings is 1. The van der Waals surface area contributed by atoms with Crippen molar-refractivity contribution in [3.63, 3.8) is 0 Å². The molecule has 2 aliphatic rings. The van der Waals surface area contributed by atoms with Gasteiger partial charge in [-0.25, -0.2) is 0 Å². The maximum Gasteiger partial charge on any atom is 0.324 e. The smallest absolute Gasteiger partial charge is 0.324 e. The molecule has 0 atom stereocenters. The molecular weight excluding hydrogens is 252 g/mol. The highest BCUT2D eigenvalue weighted by Crippen LogP contribution is 2.45. The number of aliphatic carboxylic acids is 1. The maximum absolute atomic E-state index is 11.9. The Morgan fingerprint density at radius 3 is 2.30 bits per heavy atom. The van der Waals surface area contributed by atoms with Gasteiger partial charge in [-0.1, -0.05) is 27.2 Å². The molecular formula is C16H30N2O2. The third-order valence-electron chi connectivity index (χ3n) is 5.95. The Balaban J connectivity index is 2.08. The van der Waals surface area contributed by atoms with Crippen LogP contribution in [0.25, 0.3) is 0 Å². The largest absolute Gasteiger partial charge is 0.480 e. The zero-order valence-electron chi connectivity index (χ0n) is 13.2. The van der Waals surface area contributed by atoms with Gasteiger partial charge in [0.25, 0.3) is 0 Å². The Labute approximate surface area is 122 Å². The van der Waals surface area contributed by atoms with Crippen molar-refractivity contribution in [1.82, 2.24) is 10.2 Å². The van der Waals surface area contributed by atoms with Crippen LogP contribution in [0.15, 0.2) is 0 Å². The van der Waals surface area contributed by atoms with Gasteiger partial charge in [0.1, 0.15) is 5.54 Å². The number of nitrogens with zero attached hydrogens (tertiary/aromatic N) is 1. The number of rotatable bonds is 4. The first-order valence-corrected chi connectivity index (χ1v) is 8.11. The van der Waals surface area contributed by atoms with Crippen LogP contribution in [0.4, 0.5) is 0 Å². The van der Waals surface area contributed by atoms with Crippen LogP contribution in [0.5, 0.6) is 0 Å². The lowest BCUT2D eigenvalue weighted by molar-refractivity contribution is -0.156. The highest BCUT2D eigenvalue weighted by Gasteiger charge is 2.48. The zero-order valence-corrected chi connectivity index (χ0v) is 13.2. The van der Waals surface area contributed by atoms with E-state index in [0.29, 0.717) is 11.3 Å². The molecule has 0 spiro atoms. The summed E-state index contributed by atoms with van der Waals surface area (Å²) in [5.41, 5.74) is -0.253. The monoisotopic (exact) mass is 282 g/mol. The molecule has 20 heavy (non-hydrogen) atoms. The average molecular weight is 282 g/mol. The van der Waals surface area contributed by atoms with Gasteiger partial charge >= 0.3 is 5.97 Å². The number of carbonyl (C=O) groups is 1. The summed E-state index contributed by atoms with van der Waals surface area (Å²) in [6.45, 7) is 10.5. The second-order valence-electron chi connectivity index (χ2n) is 7.19. The lowest BCUT2D eigenvalue weighted by Crippen LogP contribution is -2.61. The highest BCUT2D eigenvalue weighted by molar-refractivity contribution is 5.79. The summed E-state index contributed by atoms with van der Waals surface area (Å²) in [6.07, 6.45) is 4.91. The minimum atomic E-state index is -0.604. The van der Waals surface area contributed by atoms with Crippen LogP contribution in [0, 0.1) is 11.3 Å². The SMILES string of the molecule is CCC(C)(C)C1CCC(C(=O)O)(N2CCNCC2)CC1. The van der Waals surface area contributed by atoms with E-state index in [-0.39, 0.29) is 0 Å². The van der Waals surface area contributed by atoms with Gasteiger partial charge in [0, 0.05) is 26.2 Å². The second kappa shape index (κ2) is 6.02. The fourth-order valence-electron chi connectivity index (χ4n) is 3.92. The van der Waals surface area contributed by atoms with E-state index in [2.05, 4.69) is 31.0 Å². The van der Waals surface area contributed by atoms with Crippen molar-refractivity contribution in [3.8, 4) is 0 Å². The van der Waals surface area contributed by atoms with E-state index in [1.807, 2.05) is 0 Å². The molecule has 0 radical (unpaired) electrons. The van der Waals surface area contributed by atoms with Crippen molar-refractivity contribution < 1.29 is 9.90 Å². The number of hydrogen-bond donors (Lipinski definition) is 2. The molecule has 4 nitrogen and oxygen atoms in total. The molecule has 0 aromatic heterocycles. The molecule has 0 bridgehead atoms. The van der Waals surface area contributed by atoms with Gasteiger partial charge < -0.3 is 10.4 Å². The van der Waals surface area contributed by atoms with Crippen LogP contribution in [0.3, 0.4) is 0 Å². The normalized spacial score (nSPS) is 33.0. The van der Waals surface area contributed by atoms with E-state index in [9.17, 15) is 9.90 Å². The molecule has 1 aliphatic carbocycles. The van der Waals surface area contributed by atoms with Crippen LogP contribution in [-0.2, 0) is 4.79 Å². The lowest BCUT2D eigenvalue weighted by atomic mass is 9.65. The molecule has 2 N–H and O–H groups in total. The van der Waals surface area contributed by atoms with E-state index >= 15 is 0 Å². The Hall–Kier alpha value is -0.610. The number of hydrogen-bond acceptors (Lipinski definition) is 3. The first kappa shape index (κ1) is 15.8. The third kappa shape index (κ3) is 2.86. The fraction of sp³-hybridized carbons (Fsp3) is 0.938. The molecule has 2 rings (SSSR count). The first-order chi connectivity index (χ1) is 9.42. The van der Waals surface area contributed by atoms with Crippen LogP contribution >= 0.6 is 0 Å². The summed E-state index contributed by atoms with van der Waals surface area (Å²) in [7, 11) is 0. The van der Waals surface area contributed by atoms with Crippen LogP contribution in [0.1, 0.15) is 52.9 Å². The number of carboxylic acids is 1. The van der Waals surface area contributed by atoms with Gasteiger partial charge in [-0.15, -0.1) is 0 Å². The van der Waals surface area contributed by atoms with Gasteiger partial charge in [0.15, 0.2) is 0 Å². The van der Waals surface area contributed by atoms with E-state index in [0.717, 1.165) is 51.9 Å². The van der Waals surface area contributed by atoms with Crippen molar-refractivity contribution in [3.05, 3.63) is 0 Å². The molecule has 0 amide bonds. The average Bonchev–Trinajstić information content (AvgIpc) is 2.48. The molecule has 116 valence electrons.